The fourth-order valence-corrected chi connectivity index (χ4v) is 3.99. The van der Waals surface area contributed by atoms with Gasteiger partial charge in [0.1, 0.15) is 0 Å². The van der Waals surface area contributed by atoms with E-state index in [1.54, 1.807) is 11.3 Å². The van der Waals surface area contributed by atoms with Crippen molar-refractivity contribution in [3.8, 4) is 0 Å². The maximum atomic E-state index is 12.5. The van der Waals surface area contributed by atoms with Gasteiger partial charge < -0.3 is 10.2 Å². The largest absolute Gasteiger partial charge is 0.337 e. The van der Waals surface area contributed by atoms with E-state index in [1.807, 2.05) is 29.2 Å². The molecule has 0 aliphatic carbocycles. The molecule has 0 bridgehead atoms. The van der Waals surface area contributed by atoms with E-state index in [0.717, 1.165) is 31.0 Å². The van der Waals surface area contributed by atoms with Crippen molar-refractivity contribution in [3.05, 3.63) is 56.7 Å². The molecule has 2 aromatic rings. The number of thiophene rings is 1. The molecular weight excluding hydrogens is 328 g/mol. The van der Waals surface area contributed by atoms with Crippen LogP contribution in [0, 0.1) is 0 Å². The molecule has 1 N–H and O–H groups in total. The molecule has 0 spiro atoms. The Balaban J connectivity index is 1.56. The minimum atomic E-state index is 0.175. The zero-order valence-electron chi connectivity index (χ0n) is 13.2. The number of carbonyl (C=O) groups excluding carboxylic acids is 1. The lowest BCUT2D eigenvalue weighted by Crippen LogP contribution is -2.41. The second-order valence-corrected chi connectivity index (χ2v) is 7.26. The molecule has 2 heterocycles. The summed E-state index contributed by atoms with van der Waals surface area (Å²) >= 11 is 7.74. The van der Waals surface area contributed by atoms with Gasteiger partial charge in [-0.25, -0.2) is 0 Å². The Bertz CT molecular complexity index is 668. The number of hydrogen-bond donors (Lipinski definition) is 1. The minimum absolute atomic E-state index is 0.175. The van der Waals surface area contributed by atoms with Crippen LogP contribution in [-0.4, -0.2) is 23.9 Å². The van der Waals surface area contributed by atoms with E-state index < -0.39 is 0 Å². The fourth-order valence-electron chi connectivity index (χ4n) is 2.98. The van der Waals surface area contributed by atoms with Crippen molar-refractivity contribution in [1.29, 1.82) is 0 Å². The predicted molar refractivity (Wildman–Crippen MR) is 95.9 cm³/mol. The minimum Gasteiger partial charge on any atom is -0.337 e. The van der Waals surface area contributed by atoms with E-state index in [4.69, 9.17) is 11.6 Å². The van der Waals surface area contributed by atoms with Crippen molar-refractivity contribution in [2.24, 2.45) is 0 Å². The first-order chi connectivity index (χ1) is 11.2. The highest BCUT2D eigenvalue weighted by atomic mass is 35.5. The van der Waals surface area contributed by atoms with Crippen molar-refractivity contribution in [2.45, 2.75) is 32.4 Å². The Morgan fingerprint density at radius 2 is 2.13 bits per heavy atom. The Hall–Kier alpha value is -1.36. The van der Waals surface area contributed by atoms with E-state index in [2.05, 4.69) is 23.7 Å². The summed E-state index contributed by atoms with van der Waals surface area (Å²) in [6.45, 7) is 4.07. The average molecular weight is 349 g/mol. The molecule has 1 aromatic heterocycles. The Morgan fingerprint density at radius 1 is 1.35 bits per heavy atom. The van der Waals surface area contributed by atoms with E-state index in [-0.39, 0.29) is 11.9 Å². The van der Waals surface area contributed by atoms with Gasteiger partial charge in [-0.05, 0) is 47.5 Å². The summed E-state index contributed by atoms with van der Waals surface area (Å²) < 4.78 is 0. The third-order valence-electron chi connectivity index (χ3n) is 4.34. The number of nitrogens with one attached hydrogen (secondary N) is 1. The van der Waals surface area contributed by atoms with Crippen molar-refractivity contribution in [1.82, 2.24) is 10.2 Å². The van der Waals surface area contributed by atoms with Crippen LogP contribution in [-0.2, 0) is 17.8 Å². The molecule has 1 aromatic carbocycles. The number of benzene rings is 1. The summed E-state index contributed by atoms with van der Waals surface area (Å²) in [5.41, 5.74) is 2.47. The van der Waals surface area contributed by atoms with Crippen LogP contribution in [0.1, 0.15) is 35.4 Å². The highest BCUT2D eigenvalue weighted by Crippen LogP contribution is 2.24. The number of fused-ring (bicyclic) bond motifs is 1. The molecule has 5 heteroatoms. The average Bonchev–Trinajstić information content (AvgIpc) is 3.04. The molecule has 1 aliphatic rings. The lowest BCUT2D eigenvalue weighted by molar-refractivity contribution is -0.131. The van der Waals surface area contributed by atoms with Crippen molar-refractivity contribution < 1.29 is 4.79 Å². The molecule has 0 radical (unpaired) electrons. The summed E-state index contributed by atoms with van der Waals surface area (Å²) in [7, 11) is 0. The number of hydrogen-bond acceptors (Lipinski definition) is 3. The molecule has 3 rings (SSSR count). The maximum Gasteiger partial charge on any atom is 0.236 e. The lowest BCUT2D eigenvalue weighted by Gasteiger charge is -2.28. The van der Waals surface area contributed by atoms with Gasteiger partial charge in [0, 0.05) is 29.0 Å². The number of nitrogens with zero attached hydrogens (tertiary/aromatic N) is 1. The van der Waals surface area contributed by atoms with E-state index in [1.165, 1.54) is 16.0 Å². The second-order valence-electron chi connectivity index (χ2n) is 5.83. The van der Waals surface area contributed by atoms with Gasteiger partial charge in [-0.15, -0.1) is 11.3 Å². The monoisotopic (exact) mass is 348 g/mol. The van der Waals surface area contributed by atoms with Gasteiger partial charge in [-0.2, -0.15) is 0 Å². The molecule has 1 atom stereocenters. The van der Waals surface area contributed by atoms with Gasteiger partial charge in [-0.1, -0.05) is 30.7 Å². The molecular formula is C18H21ClN2OS. The highest BCUT2D eigenvalue weighted by molar-refractivity contribution is 7.10. The van der Waals surface area contributed by atoms with Gasteiger partial charge in [0.25, 0.3) is 0 Å². The Labute approximate surface area is 146 Å². The van der Waals surface area contributed by atoms with Crippen molar-refractivity contribution >= 4 is 28.8 Å². The van der Waals surface area contributed by atoms with E-state index in [9.17, 15) is 4.79 Å². The molecule has 0 fully saturated rings. The summed E-state index contributed by atoms with van der Waals surface area (Å²) in [6.07, 6.45) is 1.91. The van der Waals surface area contributed by atoms with Crippen LogP contribution in [0.15, 0.2) is 35.7 Å². The van der Waals surface area contributed by atoms with E-state index in [0.29, 0.717) is 6.54 Å². The topological polar surface area (TPSA) is 32.3 Å². The summed E-state index contributed by atoms with van der Waals surface area (Å²) in [5, 5.41) is 6.24. The van der Waals surface area contributed by atoms with Crippen LogP contribution in [0.5, 0.6) is 0 Å². The number of amides is 1. The SMILES string of the molecule is CCC(NCC(=O)N1CCc2sccc2C1)c1ccc(Cl)cc1. The number of carbonyl (C=O) groups is 1. The van der Waals surface area contributed by atoms with Crippen LogP contribution < -0.4 is 5.32 Å². The van der Waals surface area contributed by atoms with Gasteiger partial charge in [0.15, 0.2) is 0 Å². The standard InChI is InChI=1S/C18H21ClN2OS/c1-2-16(13-3-5-15(19)6-4-13)20-11-18(22)21-9-7-17-14(12-21)8-10-23-17/h3-6,8,10,16,20H,2,7,9,11-12H2,1H3. The quantitative estimate of drug-likeness (QED) is 0.884. The van der Waals surface area contributed by atoms with Crippen LogP contribution in [0.3, 0.4) is 0 Å². The first-order valence-electron chi connectivity index (χ1n) is 7.99. The lowest BCUT2D eigenvalue weighted by atomic mass is 10.0. The zero-order chi connectivity index (χ0) is 16.2. The van der Waals surface area contributed by atoms with Crippen LogP contribution in [0.2, 0.25) is 5.02 Å². The smallest absolute Gasteiger partial charge is 0.236 e. The van der Waals surface area contributed by atoms with Gasteiger partial charge in [0.05, 0.1) is 6.54 Å². The van der Waals surface area contributed by atoms with Crippen molar-refractivity contribution in [3.63, 3.8) is 0 Å². The first-order valence-corrected chi connectivity index (χ1v) is 9.25. The zero-order valence-corrected chi connectivity index (χ0v) is 14.8. The number of rotatable bonds is 5. The molecule has 23 heavy (non-hydrogen) atoms. The summed E-state index contributed by atoms with van der Waals surface area (Å²) in [6, 6.07) is 10.1. The highest BCUT2D eigenvalue weighted by Gasteiger charge is 2.22. The predicted octanol–water partition coefficient (Wildman–Crippen LogP) is 4.03. The molecule has 122 valence electrons. The van der Waals surface area contributed by atoms with Crippen LogP contribution in [0.4, 0.5) is 0 Å². The fraction of sp³-hybridized carbons (Fsp3) is 0.389. The van der Waals surface area contributed by atoms with Crippen LogP contribution in [0.25, 0.3) is 0 Å². The molecule has 1 unspecified atom stereocenters. The second kappa shape index (κ2) is 7.47. The van der Waals surface area contributed by atoms with Crippen molar-refractivity contribution in [2.75, 3.05) is 13.1 Å². The Kier molecular flexibility index (Phi) is 5.36. The van der Waals surface area contributed by atoms with E-state index >= 15 is 0 Å². The third kappa shape index (κ3) is 3.94. The molecule has 0 saturated carbocycles. The summed E-state index contributed by atoms with van der Waals surface area (Å²) in [4.78, 5) is 15.9. The summed E-state index contributed by atoms with van der Waals surface area (Å²) in [5.74, 6) is 0.175. The third-order valence-corrected chi connectivity index (χ3v) is 5.62. The molecule has 1 amide bonds. The van der Waals surface area contributed by atoms with Crippen LogP contribution >= 0.6 is 22.9 Å². The molecule has 3 nitrogen and oxygen atoms in total. The number of halogens is 1. The van der Waals surface area contributed by atoms with Gasteiger partial charge in [-0.3, -0.25) is 4.79 Å². The van der Waals surface area contributed by atoms with Gasteiger partial charge >= 0.3 is 0 Å². The Morgan fingerprint density at radius 3 is 2.87 bits per heavy atom. The first kappa shape index (κ1) is 16.5. The molecule has 0 saturated heterocycles. The molecule has 1 aliphatic heterocycles. The maximum absolute atomic E-state index is 12.5. The normalized spacial score (nSPS) is 15.3. The van der Waals surface area contributed by atoms with Gasteiger partial charge in [0.2, 0.25) is 5.91 Å².